The Kier molecular flexibility index (Phi) is 2.10. The number of phenolic OH excluding ortho intramolecular Hbond substituents is 1. The summed E-state index contributed by atoms with van der Waals surface area (Å²) in [5.74, 6) is 0.763. The molecule has 0 aliphatic carbocycles. The van der Waals surface area contributed by atoms with Gasteiger partial charge in [-0.1, -0.05) is 12.1 Å². The van der Waals surface area contributed by atoms with Gasteiger partial charge in [-0.15, -0.1) is 0 Å². The normalized spacial score (nSPS) is 19.9. The van der Waals surface area contributed by atoms with Crippen LogP contribution in [-0.4, -0.2) is 24.4 Å². The summed E-state index contributed by atoms with van der Waals surface area (Å²) in [7, 11) is 0. The van der Waals surface area contributed by atoms with Gasteiger partial charge in [0.05, 0.1) is 6.61 Å². The zero-order chi connectivity index (χ0) is 9.26. The molecule has 1 saturated heterocycles. The predicted molar refractivity (Wildman–Crippen MR) is 48.1 cm³/mol. The van der Waals surface area contributed by atoms with Crippen molar-refractivity contribution in [3.05, 3.63) is 23.8 Å². The van der Waals surface area contributed by atoms with Gasteiger partial charge < -0.3 is 14.6 Å². The van der Waals surface area contributed by atoms with Gasteiger partial charge in [-0.05, 0) is 18.6 Å². The summed E-state index contributed by atoms with van der Waals surface area (Å²) in [4.78, 5) is 0. The number of epoxide rings is 1. The standard InChI is InChI=1S/C10H12O3/c1-7-3-2-4-9(11)10(7)13-6-8-5-12-8/h2-4,8,11H,5-6H2,1H3. The average molecular weight is 180 g/mol. The number of aromatic hydroxyl groups is 1. The van der Waals surface area contributed by atoms with Crippen molar-refractivity contribution >= 4 is 0 Å². The minimum Gasteiger partial charge on any atom is -0.504 e. The number of aryl methyl sites for hydroxylation is 1. The smallest absolute Gasteiger partial charge is 0.163 e. The highest BCUT2D eigenvalue weighted by atomic mass is 16.6. The summed E-state index contributed by atoms with van der Waals surface area (Å²) in [5.41, 5.74) is 0.945. The molecule has 1 aromatic carbocycles. The van der Waals surface area contributed by atoms with E-state index in [0.29, 0.717) is 12.4 Å². The predicted octanol–water partition coefficient (Wildman–Crippen LogP) is 1.48. The maximum atomic E-state index is 9.46. The summed E-state index contributed by atoms with van der Waals surface area (Å²) in [6, 6.07) is 5.32. The molecule has 1 heterocycles. The Labute approximate surface area is 76.9 Å². The van der Waals surface area contributed by atoms with E-state index in [2.05, 4.69) is 0 Å². The van der Waals surface area contributed by atoms with Crippen molar-refractivity contribution in [2.24, 2.45) is 0 Å². The van der Waals surface area contributed by atoms with Gasteiger partial charge in [0.2, 0.25) is 0 Å². The van der Waals surface area contributed by atoms with Crippen LogP contribution in [-0.2, 0) is 4.74 Å². The Hall–Kier alpha value is -1.22. The van der Waals surface area contributed by atoms with Crippen molar-refractivity contribution in [2.45, 2.75) is 13.0 Å². The fourth-order valence-electron chi connectivity index (χ4n) is 1.17. The molecule has 70 valence electrons. The maximum Gasteiger partial charge on any atom is 0.163 e. The minimum absolute atomic E-state index is 0.195. The largest absolute Gasteiger partial charge is 0.504 e. The first-order chi connectivity index (χ1) is 6.27. The topological polar surface area (TPSA) is 42.0 Å². The number of ether oxygens (including phenoxy) is 2. The Balaban J connectivity index is 2.07. The van der Waals surface area contributed by atoms with Crippen molar-refractivity contribution in [1.29, 1.82) is 0 Å². The molecule has 0 radical (unpaired) electrons. The van der Waals surface area contributed by atoms with E-state index < -0.39 is 0 Å². The highest BCUT2D eigenvalue weighted by Gasteiger charge is 2.23. The molecule has 0 spiro atoms. The van der Waals surface area contributed by atoms with Crippen molar-refractivity contribution < 1.29 is 14.6 Å². The fraction of sp³-hybridized carbons (Fsp3) is 0.400. The molecule has 0 aromatic heterocycles. The van der Waals surface area contributed by atoms with Crippen LogP contribution in [0.2, 0.25) is 0 Å². The number of rotatable bonds is 3. The Morgan fingerprint density at radius 1 is 1.62 bits per heavy atom. The number of benzene rings is 1. The van der Waals surface area contributed by atoms with Crippen LogP contribution in [0, 0.1) is 6.92 Å². The third-order valence-corrected chi connectivity index (χ3v) is 2.01. The van der Waals surface area contributed by atoms with E-state index in [1.54, 1.807) is 12.1 Å². The summed E-state index contributed by atoms with van der Waals surface area (Å²) in [5, 5.41) is 9.46. The molecular formula is C10H12O3. The van der Waals surface area contributed by atoms with E-state index in [1.807, 2.05) is 13.0 Å². The molecule has 3 heteroatoms. The lowest BCUT2D eigenvalue weighted by Crippen LogP contribution is -2.05. The van der Waals surface area contributed by atoms with Gasteiger partial charge in [-0.3, -0.25) is 0 Å². The molecule has 1 fully saturated rings. The summed E-state index contributed by atoms with van der Waals surface area (Å²) >= 11 is 0. The van der Waals surface area contributed by atoms with Gasteiger partial charge in [-0.2, -0.15) is 0 Å². The van der Waals surface area contributed by atoms with E-state index in [4.69, 9.17) is 9.47 Å². The molecule has 1 atom stereocenters. The lowest BCUT2D eigenvalue weighted by Gasteiger charge is -2.08. The van der Waals surface area contributed by atoms with E-state index >= 15 is 0 Å². The highest BCUT2D eigenvalue weighted by Crippen LogP contribution is 2.29. The molecule has 1 N–H and O–H groups in total. The molecule has 13 heavy (non-hydrogen) atoms. The molecule has 1 aliphatic rings. The Bertz CT molecular complexity index is 285. The Morgan fingerprint density at radius 3 is 3.00 bits per heavy atom. The number of para-hydroxylation sites is 1. The zero-order valence-electron chi connectivity index (χ0n) is 7.49. The van der Waals surface area contributed by atoms with Gasteiger partial charge in [-0.25, -0.2) is 0 Å². The van der Waals surface area contributed by atoms with Crippen molar-refractivity contribution in [3.8, 4) is 11.5 Å². The zero-order valence-corrected chi connectivity index (χ0v) is 7.49. The first-order valence-electron chi connectivity index (χ1n) is 4.30. The average Bonchev–Trinajstić information content (AvgIpc) is 2.87. The molecule has 0 bridgehead atoms. The van der Waals surface area contributed by atoms with Crippen molar-refractivity contribution in [3.63, 3.8) is 0 Å². The van der Waals surface area contributed by atoms with Crippen molar-refractivity contribution in [1.82, 2.24) is 0 Å². The molecule has 1 unspecified atom stereocenters. The lowest BCUT2D eigenvalue weighted by atomic mass is 10.2. The number of phenols is 1. The van der Waals surface area contributed by atoms with Gasteiger partial charge in [0, 0.05) is 0 Å². The van der Waals surface area contributed by atoms with Crippen LogP contribution in [0.1, 0.15) is 5.56 Å². The first-order valence-corrected chi connectivity index (χ1v) is 4.30. The summed E-state index contributed by atoms with van der Waals surface area (Å²) < 4.78 is 10.4. The second kappa shape index (κ2) is 3.26. The van der Waals surface area contributed by atoms with Gasteiger partial charge in [0.25, 0.3) is 0 Å². The second-order valence-electron chi connectivity index (χ2n) is 3.19. The Morgan fingerprint density at radius 2 is 2.38 bits per heavy atom. The molecule has 1 aromatic rings. The SMILES string of the molecule is Cc1cccc(O)c1OCC1CO1. The lowest BCUT2D eigenvalue weighted by molar-refractivity contribution is 0.252. The molecule has 2 rings (SSSR count). The molecule has 0 saturated carbocycles. The third kappa shape index (κ3) is 1.92. The highest BCUT2D eigenvalue weighted by molar-refractivity contribution is 5.44. The van der Waals surface area contributed by atoms with E-state index in [9.17, 15) is 5.11 Å². The monoisotopic (exact) mass is 180 g/mol. The van der Waals surface area contributed by atoms with Crippen LogP contribution >= 0.6 is 0 Å². The van der Waals surface area contributed by atoms with Gasteiger partial charge in [0.1, 0.15) is 12.7 Å². The van der Waals surface area contributed by atoms with Crippen LogP contribution in [0.15, 0.2) is 18.2 Å². The summed E-state index contributed by atoms with van der Waals surface area (Å²) in [6.07, 6.45) is 0.221. The van der Waals surface area contributed by atoms with Crippen LogP contribution < -0.4 is 4.74 Å². The van der Waals surface area contributed by atoms with Gasteiger partial charge in [0.15, 0.2) is 11.5 Å². The third-order valence-electron chi connectivity index (χ3n) is 2.01. The fourth-order valence-corrected chi connectivity index (χ4v) is 1.17. The maximum absolute atomic E-state index is 9.46. The molecular weight excluding hydrogens is 168 g/mol. The minimum atomic E-state index is 0.195. The first kappa shape index (κ1) is 8.38. The molecule has 3 nitrogen and oxygen atoms in total. The number of hydrogen-bond donors (Lipinski definition) is 1. The molecule has 1 aliphatic heterocycles. The molecule has 0 amide bonds. The van der Waals surface area contributed by atoms with E-state index in [-0.39, 0.29) is 11.9 Å². The van der Waals surface area contributed by atoms with Crippen LogP contribution in [0.4, 0.5) is 0 Å². The second-order valence-corrected chi connectivity index (χ2v) is 3.19. The van der Waals surface area contributed by atoms with Crippen molar-refractivity contribution in [2.75, 3.05) is 13.2 Å². The van der Waals surface area contributed by atoms with Crippen LogP contribution in [0.25, 0.3) is 0 Å². The van der Waals surface area contributed by atoms with E-state index in [1.165, 1.54) is 0 Å². The van der Waals surface area contributed by atoms with Crippen LogP contribution in [0.5, 0.6) is 11.5 Å². The number of hydrogen-bond acceptors (Lipinski definition) is 3. The summed E-state index contributed by atoms with van der Waals surface area (Å²) in [6.45, 7) is 3.20. The van der Waals surface area contributed by atoms with E-state index in [0.717, 1.165) is 12.2 Å². The van der Waals surface area contributed by atoms with Gasteiger partial charge >= 0.3 is 0 Å². The van der Waals surface area contributed by atoms with Crippen LogP contribution in [0.3, 0.4) is 0 Å². The quantitative estimate of drug-likeness (QED) is 0.716.